The Morgan fingerprint density at radius 2 is 1.05 bits per heavy atom. The molecule has 0 heterocycles. The first-order valence-corrected chi connectivity index (χ1v) is 10.2. The molecule has 0 aliphatic heterocycles. The van der Waals surface area contributed by atoms with Crippen molar-refractivity contribution in [3.8, 4) is 0 Å². The monoisotopic (exact) mass is 304 g/mol. The van der Waals surface area contributed by atoms with Crippen molar-refractivity contribution in [2.75, 3.05) is 19.8 Å². The van der Waals surface area contributed by atoms with Crippen LogP contribution in [0, 0.1) is 17.8 Å². The molecule has 0 amide bonds. The Balaban J connectivity index is 4.74. The maximum atomic E-state index is 6.19. The molecule has 0 aromatic carbocycles. The van der Waals surface area contributed by atoms with E-state index in [0.29, 0.717) is 17.8 Å². The third kappa shape index (κ3) is 9.92. The largest absolute Gasteiger partial charge is 0.500 e. The molecule has 0 spiro atoms. The van der Waals surface area contributed by atoms with Crippen molar-refractivity contribution < 1.29 is 13.3 Å². The first-order chi connectivity index (χ1) is 9.31. The van der Waals surface area contributed by atoms with Gasteiger partial charge in [0.25, 0.3) is 0 Å². The van der Waals surface area contributed by atoms with Gasteiger partial charge in [0.05, 0.1) is 0 Å². The Hall–Kier alpha value is 0.0969. The average Bonchev–Trinajstić information content (AvgIpc) is 2.36. The molecule has 0 radical (unpaired) electrons. The fourth-order valence-electron chi connectivity index (χ4n) is 1.62. The lowest BCUT2D eigenvalue weighted by atomic mass is 10.2. The molecule has 122 valence electrons. The Bertz CT molecular complexity index is 198. The lowest BCUT2D eigenvalue weighted by Crippen LogP contribution is -2.48. The van der Waals surface area contributed by atoms with Gasteiger partial charge in [-0.05, 0) is 24.2 Å². The van der Waals surface area contributed by atoms with Crippen molar-refractivity contribution in [3.05, 3.63) is 0 Å². The first-order valence-electron chi connectivity index (χ1n) is 8.23. The predicted octanol–water partition coefficient (Wildman–Crippen LogP) is 4.74. The van der Waals surface area contributed by atoms with Gasteiger partial charge in [-0.3, -0.25) is 0 Å². The molecule has 4 heteroatoms. The summed E-state index contributed by atoms with van der Waals surface area (Å²) in [5, 5.41) is 0. The zero-order valence-corrected chi connectivity index (χ0v) is 15.7. The minimum Gasteiger partial charge on any atom is -0.373 e. The summed E-state index contributed by atoms with van der Waals surface area (Å²) in [4.78, 5) is 0. The maximum absolute atomic E-state index is 6.19. The van der Waals surface area contributed by atoms with Gasteiger partial charge in [-0.1, -0.05) is 54.9 Å². The molecule has 0 N–H and O–H groups in total. The standard InChI is InChI=1S/C16H36O3Si/c1-8-9-10-20(17-11-14(2)3,18-12-15(4)5)19-13-16(6)7/h14-16H,8-13H2,1-7H3. The summed E-state index contributed by atoms with van der Waals surface area (Å²) < 4.78 is 18.6. The molecule has 0 aromatic rings. The summed E-state index contributed by atoms with van der Waals surface area (Å²) in [5.41, 5.74) is 0. The fraction of sp³-hybridized carbons (Fsp3) is 1.00. The molecule has 0 unspecified atom stereocenters. The first kappa shape index (κ1) is 20.1. The fourth-order valence-corrected chi connectivity index (χ4v) is 4.85. The van der Waals surface area contributed by atoms with Crippen LogP contribution in [0.2, 0.25) is 6.04 Å². The highest BCUT2D eigenvalue weighted by molar-refractivity contribution is 6.60. The zero-order valence-electron chi connectivity index (χ0n) is 14.7. The maximum Gasteiger partial charge on any atom is 0.500 e. The van der Waals surface area contributed by atoms with Crippen LogP contribution in [0.25, 0.3) is 0 Å². The molecule has 0 fully saturated rings. The molecule has 0 bridgehead atoms. The second-order valence-electron chi connectivity index (χ2n) is 6.90. The van der Waals surface area contributed by atoms with Crippen LogP contribution < -0.4 is 0 Å². The molecule has 20 heavy (non-hydrogen) atoms. The van der Waals surface area contributed by atoms with Crippen LogP contribution in [0.4, 0.5) is 0 Å². The van der Waals surface area contributed by atoms with Gasteiger partial charge in [-0.2, -0.15) is 0 Å². The van der Waals surface area contributed by atoms with Crippen molar-refractivity contribution in [2.24, 2.45) is 17.8 Å². The zero-order chi connectivity index (χ0) is 15.6. The van der Waals surface area contributed by atoms with Crippen LogP contribution in [0.1, 0.15) is 61.3 Å². The highest BCUT2D eigenvalue weighted by Gasteiger charge is 2.41. The van der Waals surface area contributed by atoms with Crippen LogP contribution in [0.3, 0.4) is 0 Å². The van der Waals surface area contributed by atoms with Crippen LogP contribution in [-0.2, 0) is 13.3 Å². The van der Waals surface area contributed by atoms with Gasteiger partial charge in [0.2, 0.25) is 0 Å². The molecule has 0 aliphatic rings. The van der Waals surface area contributed by atoms with E-state index in [4.69, 9.17) is 13.3 Å². The minimum absolute atomic E-state index is 0.508. The Morgan fingerprint density at radius 3 is 1.30 bits per heavy atom. The quantitative estimate of drug-likeness (QED) is 0.487. The van der Waals surface area contributed by atoms with Gasteiger partial charge >= 0.3 is 8.80 Å². The van der Waals surface area contributed by atoms with E-state index in [9.17, 15) is 0 Å². The van der Waals surface area contributed by atoms with E-state index in [2.05, 4.69) is 48.5 Å². The van der Waals surface area contributed by atoms with Gasteiger partial charge in [0.15, 0.2) is 0 Å². The number of rotatable bonds is 12. The van der Waals surface area contributed by atoms with Crippen molar-refractivity contribution in [1.29, 1.82) is 0 Å². The number of unbranched alkanes of at least 4 members (excludes halogenated alkanes) is 1. The second kappa shape index (κ2) is 10.8. The van der Waals surface area contributed by atoms with Gasteiger partial charge in [0.1, 0.15) is 0 Å². The number of hydrogen-bond donors (Lipinski definition) is 0. The topological polar surface area (TPSA) is 27.7 Å². The predicted molar refractivity (Wildman–Crippen MR) is 87.8 cm³/mol. The van der Waals surface area contributed by atoms with Crippen molar-refractivity contribution in [1.82, 2.24) is 0 Å². The van der Waals surface area contributed by atoms with E-state index in [0.717, 1.165) is 38.7 Å². The van der Waals surface area contributed by atoms with E-state index in [1.165, 1.54) is 0 Å². The molecule has 0 saturated heterocycles. The Labute approximate surface area is 127 Å². The summed E-state index contributed by atoms with van der Waals surface area (Å²) in [6.07, 6.45) is 2.26. The Kier molecular flexibility index (Phi) is 10.8. The molecule has 0 rings (SSSR count). The molecule has 3 nitrogen and oxygen atoms in total. The summed E-state index contributed by atoms with van der Waals surface area (Å²) in [5.74, 6) is 1.52. The normalized spacial score (nSPS) is 12.9. The SMILES string of the molecule is CCCC[Si](OCC(C)C)(OCC(C)C)OCC(C)C. The van der Waals surface area contributed by atoms with E-state index >= 15 is 0 Å². The van der Waals surface area contributed by atoms with Gasteiger partial charge in [-0.25, -0.2) is 0 Å². The molecule has 0 saturated carbocycles. The minimum atomic E-state index is -2.50. The van der Waals surface area contributed by atoms with E-state index in [1.807, 2.05) is 0 Å². The highest BCUT2D eigenvalue weighted by Crippen LogP contribution is 2.22. The van der Waals surface area contributed by atoms with Crippen LogP contribution in [0.15, 0.2) is 0 Å². The molecule has 0 aromatic heterocycles. The van der Waals surface area contributed by atoms with E-state index in [-0.39, 0.29) is 0 Å². The third-order valence-electron chi connectivity index (χ3n) is 2.75. The summed E-state index contributed by atoms with van der Waals surface area (Å²) in [6.45, 7) is 17.4. The summed E-state index contributed by atoms with van der Waals surface area (Å²) in [6, 6.07) is 0.940. The molecular formula is C16H36O3Si. The van der Waals surface area contributed by atoms with Gasteiger partial charge in [0, 0.05) is 25.9 Å². The Morgan fingerprint density at radius 1 is 0.700 bits per heavy atom. The smallest absolute Gasteiger partial charge is 0.373 e. The number of hydrogen-bond acceptors (Lipinski definition) is 3. The van der Waals surface area contributed by atoms with Crippen molar-refractivity contribution >= 4 is 8.80 Å². The lowest BCUT2D eigenvalue weighted by Gasteiger charge is -2.32. The van der Waals surface area contributed by atoms with Gasteiger partial charge < -0.3 is 13.3 Å². The summed E-state index contributed by atoms with van der Waals surface area (Å²) in [7, 11) is -2.50. The van der Waals surface area contributed by atoms with Crippen LogP contribution in [-0.4, -0.2) is 28.6 Å². The van der Waals surface area contributed by atoms with Gasteiger partial charge in [-0.15, -0.1) is 0 Å². The third-order valence-corrected chi connectivity index (χ3v) is 5.53. The lowest BCUT2D eigenvalue weighted by molar-refractivity contribution is 0.0363. The van der Waals surface area contributed by atoms with Crippen molar-refractivity contribution in [3.63, 3.8) is 0 Å². The summed E-state index contributed by atoms with van der Waals surface area (Å²) >= 11 is 0. The van der Waals surface area contributed by atoms with Crippen LogP contribution in [0.5, 0.6) is 0 Å². The average molecular weight is 305 g/mol. The molecule has 0 atom stereocenters. The van der Waals surface area contributed by atoms with Crippen LogP contribution >= 0.6 is 0 Å². The molecular weight excluding hydrogens is 268 g/mol. The van der Waals surface area contributed by atoms with E-state index in [1.54, 1.807) is 0 Å². The van der Waals surface area contributed by atoms with E-state index < -0.39 is 8.80 Å². The second-order valence-corrected chi connectivity index (χ2v) is 9.63. The van der Waals surface area contributed by atoms with Crippen molar-refractivity contribution in [2.45, 2.75) is 67.4 Å². The molecule has 0 aliphatic carbocycles. The highest BCUT2D eigenvalue weighted by atomic mass is 28.4.